The summed E-state index contributed by atoms with van der Waals surface area (Å²) in [6.07, 6.45) is 5.17. The minimum absolute atomic E-state index is 0.0352. The summed E-state index contributed by atoms with van der Waals surface area (Å²) in [7, 11) is 0. The summed E-state index contributed by atoms with van der Waals surface area (Å²) < 4.78 is 1.00. The van der Waals surface area contributed by atoms with Crippen molar-refractivity contribution in [3.05, 3.63) is 50.5 Å². The van der Waals surface area contributed by atoms with Gasteiger partial charge in [0.15, 0.2) is 0 Å². The fraction of sp³-hybridized carbons (Fsp3) is 0.0769. The minimum atomic E-state index is 0.0352. The fourth-order valence-corrected chi connectivity index (χ4v) is 3.34. The zero-order chi connectivity index (χ0) is 12.7. The number of thiophene rings is 1. The van der Waals surface area contributed by atoms with Gasteiger partial charge in [-0.05, 0) is 40.5 Å². The fourth-order valence-electron chi connectivity index (χ4n) is 1.85. The second kappa shape index (κ2) is 4.33. The first-order valence-electron chi connectivity index (χ1n) is 5.38. The molecule has 0 radical (unpaired) electrons. The van der Waals surface area contributed by atoms with E-state index in [0.717, 1.165) is 25.1 Å². The molecular formula is C13H9BrN2OS. The van der Waals surface area contributed by atoms with Crippen LogP contribution in [-0.2, 0) is 0 Å². The highest BCUT2D eigenvalue weighted by molar-refractivity contribution is 9.11. The largest absolute Gasteiger partial charge is 0.360 e. The number of carbonyl (C=O) groups excluding carboxylic acids is 1. The van der Waals surface area contributed by atoms with E-state index in [4.69, 9.17) is 0 Å². The number of nitrogens with one attached hydrogen (secondary N) is 1. The van der Waals surface area contributed by atoms with Crippen LogP contribution in [0.5, 0.6) is 0 Å². The number of H-pyrrole nitrogens is 1. The smallest absolute Gasteiger partial charge is 0.205 e. The Labute approximate surface area is 116 Å². The first-order valence-corrected chi connectivity index (χ1v) is 6.99. The average Bonchev–Trinajstić information content (AvgIpc) is 2.93. The van der Waals surface area contributed by atoms with Gasteiger partial charge >= 0.3 is 0 Å². The lowest BCUT2D eigenvalue weighted by atomic mass is 10.1. The van der Waals surface area contributed by atoms with Gasteiger partial charge in [-0.25, -0.2) is 0 Å². The molecule has 0 spiro atoms. The van der Waals surface area contributed by atoms with E-state index in [9.17, 15) is 4.79 Å². The molecular weight excluding hydrogens is 312 g/mol. The van der Waals surface area contributed by atoms with Gasteiger partial charge in [0, 0.05) is 29.5 Å². The zero-order valence-electron chi connectivity index (χ0n) is 9.53. The molecule has 1 N–H and O–H groups in total. The molecule has 0 saturated carbocycles. The maximum atomic E-state index is 12.4. The van der Waals surface area contributed by atoms with Crippen LogP contribution in [0.2, 0.25) is 0 Å². The standard InChI is InChI=1S/C13H9BrN2OS/c1-7-4-11(18-13(7)14)12(17)9-6-16-10-2-3-15-5-8(9)10/h2-6,16H,1H3. The lowest BCUT2D eigenvalue weighted by molar-refractivity contribution is 0.104. The summed E-state index contributed by atoms with van der Waals surface area (Å²) in [5.41, 5.74) is 2.69. The number of aryl methyl sites for hydroxylation is 1. The van der Waals surface area contributed by atoms with Gasteiger partial charge in [-0.15, -0.1) is 11.3 Å². The van der Waals surface area contributed by atoms with Crippen molar-refractivity contribution in [1.82, 2.24) is 9.97 Å². The number of ketones is 1. The van der Waals surface area contributed by atoms with Crippen molar-refractivity contribution >= 4 is 44.0 Å². The van der Waals surface area contributed by atoms with Crippen LogP contribution in [0.4, 0.5) is 0 Å². The Morgan fingerprint density at radius 1 is 1.50 bits per heavy atom. The van der Waals surface area contributed by atoms with E-state index in [1.54, 1.807) is 18.6 Å². The van der Waals surface area contributed by atoms with Gasteiger partial charge in [0.1, 0.15) is 0 Å². The van der Waals surface area contributed by atoms with Crippen LogP contribution < -0.4 is 0 Å². The van der Waals surface area contributed by atoms with Crippen LogP contribution in [0.25, 0.3) is 10.9 Å². The zero-order valence-corrected chi connectivity index (χ0v) is 11.9. The summed E-state index contributed by atoms with van der Waals surface area (Å²) >= 11 is 4.91. The minimum Gasteiger partial charge on any atom is -0.360 e. The van der Waals surface area contributed by atoms with E-state index < -0.39 is 0 Å². The van der Waals surface area contributed by atoms with Crippen molar-refractivity contribution in [3.8, 4) is 0 Å². The number of aromatic nitrogens is 2. The molecule has 0 amide bonds. The van der Waals surface area contributed by atoms with Gasteiger partial charge < -0.3 is 4.98 Å². The van der Waals surface area contributed by atoms with Crippen molar-refractivity contribution in [3.63, 3.8) is 0 Å². The summed E-state index contributed by atoms with van der Waals surface area (Å²) in [5, 5.41) is 0.865. The van der Waals surface area contributed by atoms with Gasteiger partial charge in [0.05, 0.1) is 14.2 Å². The molecule has 0 unspecified atom stereocenters. The molecule has 0 saturated heterocycles. The molecule has 3 nitrogen and oxygen atoms in total. The number of aromatic amines is 1. The molecule has 0 fully saturated rings. The van der Waals surface area contributed by atoms with Gasteiger partial charge in [-0.1, -0.05) is 0 Å². The molecule has 0 aromatic carbocycles. The van der Waals surface area contributed by atoms with E-state index in [1.807, 2.05) is 19.1 Å². The third kappa shape index (κ3) is 1.79. The molecule has 0 aliphatic heterocycles. The molecule has 90 valence electrons. The molecule has 0 bridgehead atoms. The summed E-state index contributed by atoms with van der Waals surface area (Å²) in [6.45, 7) is 1.98. The Morgan fingerprint density at radius 3 is 3.06 bits per heavy atom. The maximum absolute atomic E-state index is 12.4. The van der Waals surface area contributed by atoms with E-state index in [1.165, 1.54) is 11.3 Å². The number of halogens is 1. The number of carbonyl (C=O) groups is 1. The number of hydrogen-bond donors (Lipinski definition) is 1. The van der Waals surface area contributed by atoms with E-state index in [0.29, 0.717) is 5.56 Å². The molecule has 3 heterocycles. The van der Waals surface area contributed by atoms with Crippen LogP contribution in [0.3, 0.4) is 0 Å². The quantitative estimate of drug-likeness (QED) is 0.727. The van der Waals surface area contributed by atoms with Gasteiger partial charge in [-0.2, -0.15) is 0 Å². The van der Waals surface area contributed by atoms with Crippen LogP contribution in [0.15, 0.2) is 34.5 Å². The Kier molecular flexibility index (Phi) is 2.80. The van der Waals surface area contributed by atoms with Crippen molar-refractivity contribution < 1.29 is 4.79 Å². The monoisotopic (exact) mass is 320 g/mol. The number of pyridine rings is 1. The van der Waals surface area contributed by atoms with E-state index >= 15 is 0 Å². The Morgan fingerprint density at radius 2 is 2.33 bits per heavy atom. The maximum Gasteiger partial charge on any atom is 0.205 e. The van der Waals surface area contributed by atoms with Gasteiger partial charge in [0.25, 0.3) is 0 Å². The van der Waals surface area contributed by atoms with Crippen molar-refractivity contribution in [2.75, 3.05) is 0 Å². The number of hydrogen-bond acceptors (Lipinski definition) is 3. The highest BCUT2D eigenvalue weighted by Crippen LogP contribution is 2.30. The third-order valence-corrected chi connectivity index (χ3v) is 4.94. The predicted molar refractivity (Wildman–Crippen MR) is 76.3 cm³/mol. The number of rotatable bonds is 2. The average molecular weight is 321 g/mol. The summed E-state index contributed by atoms with van der Waals surface area (Å²) in [4.78, 5) is 20.3. The first-order chi connectivity index (χ1) is 8.66. The number of fused-ring (bicyclic) bond motifs is 1. The van der Waals surface area contributed by atoms with Crippen LogP contribution >= 0.6 is 27.3 Å². The van der Waals surface area contributed by atoms with Crippen LogP contribution in [-0.4, -0.2) is 15.8 Å². The normalized spacial score (nSPS) is 11.0. The van der Waals surface area contributed by atoms with Crippen LogP contribution in [0.1, 0.15) is 20.8 Å². The third-order valence-electron chi connectivity index (χ3n) is 2.81. The SMILES string of the molecule is Cc1cc(C(=O)c2c[nH]c3ccncc23)sc1Br. The molecule has 0 aliphatic rings. The molecule has 3 aromatic rings. The van der Waals surface area contributed by atoms with Crippen LogP contribution in [0, 0.1) is 6.92 Å². The molecule has 0 atom stereocenters. The highest BCUT2D eigenvalue weighted by Gasteiger charge is 2.17. The van der Waals surface area contributed by atoms with Crippen molar-refractivity contribution in [2.24, 2.45) is 0 Å². The molecule has 5 heteroatoms. The lowest BCUT2D eigenvalue weighted by Gasteiger charge is -1.95. The molecule has 3 aromatic heterocycles. The van der Waals surface area contributed by atoms with Gasteiger partial charge in [0.2, 0.25) is 5.78 Å². The van der Waals surface area contributed by atoms with Crippen molar-refractivity contribution in [1.29, 1.82) is 0 Å². The molecule has 3 rings (SSSR count). The number of nitrogens with zero attached hydrogens (tertiary/aromatic N) is 1. The lowest BCUT2D eigenvalue weighted by Crippen LogP contribution is -1.97. The summed E-state index contributed by atoms with van der Waals surface area (Å²) in [5.74, 6) is 0.0352. The summed E-state index contributed by atoms with van der Waals surface area (Å²) in [6, 6.07) is 3.77. The molecule has 18 heavy (non-hydrogen) atoms. The second-order valence-electron chi connectivity index (χ2n) is 4.02. The Balaban J connectivity index is 2.12. The van der Waals surface area contributed by atoms with Gasteiger partial charge in [-0.3, -0.25) is 9.78 Å². The van der Waals surface area contributed by atoms with E-state index in [2.05, 4.69) is 25.9 Å². The second-order valence-corrected chi connectivity index (χ2v) is 6.39. The van der Waals surface area contributed by atoms with Crippen molar-refractivity contribution in [2.45, 2.75) is 6.92 Å². The predicted octanol–water partition coefficient (Wildman–Crippen LogP) is 3.93. The Hall–Kier alpha value is -1.46. The first kappa shape index (κ1) is 11.6. The van der Waals surface area contributed by atoms with E-state index in [-0.39, 0.29) is 5.78 Å². The Bertz CT molecular complexity index is 725. The highest BCUT2D eigenvalue weighted by atomic mass is 79.9. The topological polar surface area (TPSA) is 45.8 Å². The molecule has 0 aliphatic carbocycles.